The van der Waals surface area contributed by atoms with Gasteiger partial charge in [-0.15, -0.1) is 0 Å². The van der Waals surface area contributed by atoms with Crippen LogP contribution in [0.15, 0.2) is 40.9 Å². The van der Waals surface area contributed by atoms with E-state index in [9.17, 15) is 0 Å². The average Bonchev–Trinajstić information content (AvgIpc) is 2.33. The summed E-state index contributed by atoms with van der Waals surface area (Å²) in [7, 11) is 0. The van der Waals surface area contributed by atoms with Crippen molar-refractivity contribution in [2.24, 2.45) is 0 Å². The molecule has 0 aromatic heterocycles. The van der Waals surface area contributed by atoms with Gasteiger partial charge < -0.3 is 4.74 Å². The summed E-state index contributed by atoms with van der Waals surface area (Å²) in [5.74, 6) is 1.76. The molecule has 2 rings (SSSR count). The highest BCUT2D eigenvalue weighted by atomic mass is 79.9. The van der Waals surface area contributed by atoms with Crippen LogP contribution in [-0.2, 0) is 0 Å². The highest BCUT2D eigenvalue weighted by Gasteiger charge is 2.05. The first-order chi connectivity index (χ1) is 7.83. The summed E-state index contributed by atoms with van der Waals surface area (Å²) in [6, 6.07) is 12.3. The molecule has 0 aliphatic carbocycles. The van der Waals surface area contributed by atoms with Crippen LogP contribution in [0.25, 0.3) is 10.8 Å². The first-order valence-corrected chi connectivity index (χ1v) is 6.66. The molecule has 0 heterocycles. The lowest BCUT2D eigenvalue weighted by molar-refractivity contribution is 0.317. The highest BCUT2D eigenvalue weighted by molar-refractivity contribution is 9.10. The van der Waals surface area contributed by atoms with E-state index in [1.165, 1.54) is 10.8 Å². The number of halogens is 1. The Hall–Kier alpha value is -0.670. The summed E-state index contributed by atoms with van der Waals surface area (Å²) in [4.78, 5) is 0. The van der Waals surface area contributed by atoms with Crippen LogP contribution >= 0.6 is 28.6 Å². The van der Waals surface area contributed by atoms with Crippen molar-refractivity contribution in [1.82, 2.24) is 0 Å². The fourth-order valence-electron chi connectivity index (χ4n) is 1.57. The SMILES string of the molecule is SCCCOc1ccc2ccccc2c1Br. The molecule has 2 aromatic carbocycles. The lowest BCUT2D eigenvalue weighted by atomic mass is 10.1. The van der Waals surface area contributed by atoms with Gasteiger partial charge in [-0.2, -0.15) is 12.6 Å². The van der Waals surface area contributed by atoms with Gasteiger partial charge in [-0.3, -0.25) is 0 Å². The molecule has 3 heteroatoms. The van der Waals surface area contributed by atoms with E-state index < -0.39 is 0 Å². The Morgan fingerprint density at radius 2 is 1.94 bits per heavy atom. The second-order valence-corrected chi connectivity index (χ2v) is 4.76. The van der Waals surface area contributed by atoms with Gasteiger partial charge in [0.15, 0.2) is 0 Å². The fourth-order valence-corrected chi connectivity index (χ4v) is 2.31. The van der Waals surface area contributed by atoms with Crippen LogP contribution in [-0.4, -0.2) is 12.4 Å². The summed E-state index contributed by atoms with van der Waals surface area (Å²) in [5.41, 5.74) is 0. The quantitative estimate of drug-likeness (QED) is 0.654. The van der Waals surface area contributed by atoms with E-state index in [0.29, 0.717) is 6.61 Å². The first kappa shape index (κ1) is 11.8. The van der Waals surface area contributed by atoms with E-state index in [1.54, 1.807) is 0 Å². The predicted octanol–water partition coefficient (Wildman–Crippen LogP) is 4.30. The number of hydrogen-bond donors (Lipinski definition) is 1. The van der Waals surface area contributed by atoms with Crippen LogP contribution in [0.3, 0.4) is 0 Å². The van der Waals surface area contributed by atoms with Crippen LogP contribution in [0.1, 0.15) is 6.42 Å². The third kappa shape index (κ3) is 2.53. The molecule has 0 spiro atoms. The molecule has 16 heavy (non-hydrogen) atoms. The second kappa shape index (κ2) is 5.60. The Labute approximate surface area is 109 Å². The van der Waals surface area contributed by atoms with Gasteiger partial charge in [0.1, 0.15) is 5.75 Å². The zero-order valence-electron chi connectivity index (χ0n) is 8.82. The van der Waals surface area contributed by atoms with Crippen molar-refractivity contribution in [3.05, 3.63) is 40.9 Å². The maximum absolute atomic E-state index is 5.69. The van der Waals surface area contributed by atoms with Crippen LogP contribution < -0.4 is 4.74 Å². The van der Waals surface area contributed by atoms with Gasteiger partial charge in [-0.1, -0.05) is 30.3 Å². The van der Waals surface area contributed by atoms with Crippen molar-refractivity contribution in [1.29, 1.82) is 0 Å². The minimum atomic E-state index is 0.709. The van der Waals surface area contributed by atoms with Gasteiger partial charge in [0.25, 0.3) is 0 Å². The van der Waals surface area contributed by atoms with Gasteiger partial charge >= 0.3 is 0 Å². The monoisotopic (exact) mass is 296 g/mol. The van der Waals surface area contributed by atoms with Crippen molar-refractivity contribution < 1.29 is 4.74 Å². The van der Waals surface area contributed by atoms with E-state index in [1.807, 2.05) is 18.2 Å². The first-order valence-electron chi connectivity index (χ1n) is 5.24. The number of rotatable bonds is 4. The number of benzene rings is 2. The van der Waals surface area contributed by atoms with Gasteiger partial charge in [0.05, 0.1) is 11.1 Å². The summed E-state index contributed by atoms with van der Waals surface area (Å²) in [5, 5.41) is 2.40. The van der Waals surface area contributed by atoms with Crippen LogP contribution in [0.4, 0.5) is 0 Å². The number of thiol groups is 1. The van der Waals surface area contributed by atoms with E-state index in [0.717, 1.165) is 22.4 Å². The molecular weight excluding hydrogens is 284 g/mol. The molecule has 0 aliphatic heterocycles. The molecule has 0 unspecified atom stereocenters. The number of ether oxygens (including phenoxy) is 1. The van der Waals surface area contributed by atoms with Gasteiger partial charge in [0, 0.05) is 0 Å². The van der Waals surface area contributed by atoms with E-state index in [4.69, 9.17) is 4.74 Å². The molecule has 2 aromatic rings. The standard InChI is InChI=1S/C13H13BrOS/c14-13-11-5-2-1-4-10(11)6-7-12(13)15-8-3-9-16/h1-2,4-7,16H,3,8-9H2. The number of fused-ring (bicyclic) bond motifs is 1. The van der Waals surface area contributed by atoms with Crippen molar-refractivity contribution in [2.45, 2.75) is 6.42 Å². The minimum Gasteiger partial charge on any atom is -0.492 e. The molecule has 1 nitrogen and oxygen atoms in total. The van der Waals surface area contributed by atoms with Crippen molar-refractivity contribution in [3.63, 3.8) is 0 Å². The van der Waals surface area contributed by atoms with Crippen molar-refractivity contribution >= 4 is 39.3 Å². The molecule has 84 valence electrons. The largest absolute Gasteiger partial charge is 0.492 e. The fraction of sp³-hybridized carbons (Fsp3) is 0.231. The minimum absolute atomic E-state index is 0.709. The summed E-state index contributed by atoms with van der Waals surface area (Å²) >= 11 is 7.75. The number of hydrogen-bond acceptors (Lipinski definition) is 2. The molecule has 0 radical (unpaired) electrons. The van der Waals surface area contributed by atoms with Gasteiger partial charge in [0.2, 0.25) is 0 Å². The average molecular weight is 297 g/mol. The third-order valence-electron chi connectivity index (χ3n) is 2.39. The molecule has 0 fully saturated rings. The Kier molecular flexibility index (Phi) is 4.13. The lowest BCUT2D eigenvalue weighted by Crippen LogP contribution is -1.98. The summed E-state index contributed by atoms with van der Waals surface area (Å²) in [6.07, 6.45) is 0.961. The van der Waals surface area contributed by atoms with Crippen molar-refractivity contribution in [2.75, 3.05) is 12.4 Å². The highest BCUT2D eigenvalue weighted by Crippen LogP contribution is 2.32. The van der Waals surface area contributed by atoms with Crippen molar-refractivity contribution in [3.8, 4) is 5.75 Å². The molecule has 0 saturated heterocycles. The maximum Gasteiger partial charge on any atom is 0.134 e. The van der Waals surface area contributed by atoms with Gasteiger partial charge in [-0.05, 0) is 44.9 Å². The molecule has 0 N–H and O–H groups in total. The van der Waals surface area contributed by atoms with E-state index in [-0.39, 0.29) is 0 Å². The summed E-state index contributed by atoms with van der Waals surface area (Å²) < 4.78 is 6.72. The molecular formula is C13H13BrOS. The molecule has 0 saturated carbocycles. The molecule has 0 amide bonds. The molecule has 0 aliphatic rings. The molecule has 0 bridgehead atoms. The Bertz CT molecular complexity index is 484. The van der Waals surface area contributed by atoms with Crippen LogP contribution in [0.5, 0.6) is 5.75 Å². The second-order valence-electron chi connectivity index (χ2n) is 3.52. The summed E-state index contributed by atoms with van der Waals surface area (Å²) in [6.45, 7) is 0.709. The topological polar surface area (TPSA) is 9.23 Å². The smallest absolute Gasteiger partial charge is 0.134 e. The zero-order valence-corrected chi connectivity index (χ0v) is 11.3. The normalized spacial score (nSPS) is 10.6. The Morgan fingerprint density at radius 1 is 1.12 bits per heavy atom. The lowest BCUT2D eigenvalue weighted by Gasteiger charge is -2.09. The molecule has 0 atom stereocenters. The Balaban J connectivity index is 2.29. The van der Waals surface area contributed by atoms with Crippen LogP contribution in [0, 0.1) is 0 Å². The predicted molar refractivity (Wildman–Crippen MR) is 75.6 cm³/mol. The third-order valence-corrected chi connectivity index (χ3v) is 3.52. The van der Waals surface area contributed by atoms with E-state index >= 15 is 0 Å². The zero-order chi connectivity index (χ0) is 11.4. The van der Waals surface area contributed by atoms with Gasteiger partial charge in [-0.25, -0.2) is 0 Å². The van der Waals surface area contributed by atoms with E-state index in [2.05, 4.69) is 46.8 Å². The maximum atomic E-state index is 5.69. The Morgan fingerprint density at radius 3 is 2.75 bits per heavy atom. The van der Waals surface area contributed by atoms with Crippen LogP contribution in [0.2, 0.25) is 0 Å².